The average molecular weight is 282 g/mol. The van der Waals surface area contributed by atoms with Gasteiger partial charge in [-0.25, -0.2) is 0 Å². The topological polar surface area (TPSA) is 15.3 Å². The van der Waals surface area contributed by atoms with Crippen LogP contribution < -0.4 is 10.2 Å². The van der Waals surface area contributed by atoms with E-state index in [1.54, 1.807) is 0 Å². The molecule has 3 unspecified atom stereocenters. The van der Waals surface area contributed by atoms with Crippen molar-refractivity contribution in [3.05, 3.63) is 42.5 Å². The molecule has 0 saturated carbocycles. The van der Waals surface area contributed by atoms with Gasteiger partial charge in [0.05, 0.1) is 0 Å². The third kappa shape index (κ3) is 2.77. The number of hydrogen-bond acceptors (Lipinski definition) is 2. The van der Waals surface area contributed by atoms with Crippen molar-refractivity contribution in [3.8, 4) is 0 Å². The highest BCUT2D eigenvalue weighted by atomic mass is 15.2. The molecular weight excluding hydrogens is 256 g/mol. The SMILES string of the molecule is CCNC1CCN(c2ccc3ccccc3c2)C(C)C1C. The van der Waals surface area contributed by atoms with Crippen LogP contribution in [0.4, 0.5) is 5.69 Å². The van der Waals surface area contributed by atoms with E-state index in [9.17, 15) is 0 Å². The van der Waals surface area contributed by atoms with E-state index in [-0.39, 0.29) is 0 Å². The molecule has 2 aromatic carbocycles. The first kappa shape index (κ1) is 14.4. The molecule has 1 heterocycles. The van der Waals surface area contributed by atoms with Crippen molar-refractivity contribution < 1.29 is 0 Å². The summed E-state index contributed by atoms with van der Waals surface area (Å²) in [6.07, 6.45) is 1.23. The van der Waals surface area contributed by atoms with Crippen LogP contribution in [0.3, 0.4) is 0 Å². The zero-order valence-corrected chi connectivity index (χ0v) is 13.3. The lowest BCUT2D eigenvalue weighted by Gasteiger charge is -2.44. The fraction of sp³-hybridized carbons (Fsp3) is 0.474. The van der Waals surface area contributed by atoms with Crippen LogP contribution >= 0.6 is 0 Å². The van der Waals surface area contributed by atoms with Gasteiger partial charge < -0.3 is 10.2 Å². The summed E-state index contributed by atoms with van der Waals surface area (Å²) in [5, 5.41) is 6.30. The molecule has 1 fully saturated rings. The normalized spacial score (nSPS) is 26.2. The quantitative estimate of drug-likeness (QED) is 0.913. The second kappa shape index (κ2) is 6.07. The molecule has 2 nitrogen and oxygen atoms in total. The van der Waals surface area contributed by atoms with Gasteiger partial charge in [-0.2, -0.15) is 0 Å². The summed E-state index contributed by atoms with van der Waals surface area (Å²) in [7, 11) is 0. The van der Waals surface area contributed by atoms with Crippen molar-refractivity contribution in [2.24, 2.45) is 5.92 Å². The maximum atomic E-state index is 3.64. The van der Waals surface area contributed by atoms with Crippen LogP contribution in [0.1, 0.15) is 27.2 Å². The highest BCUT2D eigenvalue weighted by Gasteiger charge is 2.31. The number of rotatable bonds is 3. The zero-order chi connectivity index (χ0) is 14.8. The molecule has 112 valence electrons. The Bertz CT molecular complexity index is 607. The summed E-state index contributed by atoms with van der Waals surface area (Å²) in [5.41, 5.74) is 1.36. The number of anilines is 1. The summed E-state index contributed by atoms with van der Waals surface area (Å²) < 4.78 is 0. The van der Waals surface area contributed by atoms with Crippen LogP contribution in [-0.2, 0) is 0 Å². The van der Waals surface area contributed by atoms with Gasteiger partial charge >= 0.3 is 0 Å². The van der Waals surface area contributed by atoms with Gasteiger partial charge in [0.15, 0.2) is 0 Å². The van der Waals surface area contributed by atoms with E-state index >= 15 is 0 Å². The maximum Gasteiger partial charge on any atom is 0.0375 e. The third-order valence-corrected chi connectivity index (χ3v) is 5.10. The monoisotopic (exact) mass is 282 g/mol. The highest BCUT2D eigenvalue weighted by Crippen LogP contribution is 2.30. The smallest absolute Gasteiger partial charge is 0.0375 e. The van der Waals surface area contributed by atoms with Gasteiger partial charge in [0.25, 0.3) is 0 Å². The second-order valence-corrected chi connectivity index (χ2v) is 6.28. The minimum atomic E-state index is 0.573. The van der Waals surface area contributed by atoms with Gasteiger partial charge in [0.2, 0.25) is 0 Å². The van der Waals surface area contributed by atoms with E-state index in [0.29, 0.717) is 18.0 Å². The molecule has 0 aromatic heterocycles. The van der Waals surface area contributed by atoms with E-state index in [2.05, 4.69) is 73.5 Å². The predicted molar refractivity (Wildman–Crippen MR) is 92.0 cm³/mol. The summed E-state index contributed by atoms with van der Waals surface area (Å²) in [6.45, 7) is 9.15. The van der Waals surface area contributed by atoms with Crippen LogP contribution in [-0.4, -0.2) is 25.2 Å². The van der Waals surface area contributed by atoms with Gasteiger partial charge in [0.1, 0.15) is 0 Å². The second-order valence-electron chi connectivity index (χ2n) is 6.28. The van der Waals surface area contributed by atoms with E-state index in [0.717, 1.165) is 13.1 Å². The van der Waals surface area contributed by atoms with E-state index in [1.807, 2.05) is 0 Å². The Morgan fingerprint density at radius 2 is 1.86 bits per heavy atom. The maximum absolute atomic E-state index is 3.64. The predicted octanol–water partition coefficient (Wildman–Crippen LogP) is 4.05. The van der Waals surface area contributed by atoms with Crippen molar-refractivity contribution in [2.45, 2.75) is 39.3 Å². The minimum Gasteiger partial charge on any atom is -0.368 e. The van der Waals surface area contributed by atoms with E-state index in [1.165, 1.54) is 22.9 Å². The van der Waals surface area contributed by atoms with Gasteiger partial charge in [-0.15, -0.1) is 0 Å². The van der Waals surface area contributed by atoms with Gasteiger partial charge in [-0.3, -0.25) is 0 Å². The summed E-state index contributed by atoms with van der Waals surface area (Å²) in [4.78, 5) is 2.57. The number of fused-ring (bicyclic) bond motifs is 1. The fourth-order valence-corrected chi connectivity index (χ4v) is 3.63. The molecule has 3 rings (SSSR count). The van der Waals surface area contributed by atoms with Crippen molar-refractivity contribution in [1.82, 2.24) is 5.32 Å². The van der Waals surface area contributed by atoms with Crippen LogP contribution in [0.5, 0.6) is 0 Å². The zero-order valence-electron chi connectivity index (χ0n) is 13.3. The van der Waals surface area contributed by atoms with Gasteiger partial charge in [-0.1, -0.05) is 44.2 Å². The molecule has 0 amide bonds. The Balaban J connectivity index is 1.85. The fourth-order valence-electron chi connectivity index (χ4n) is 3.63. The van der Waals surface area contributed by atoms with E-state index < -0.39 is 0 Å². The molecule has 0 spiro atoms. The lowest BCUT2D eigenvalue weighted by molar-refractivity contribution is 0.274. The summed E-state index contributed by atoms with van der Waals surface area (Å²) in [5.74, 6) is 0.671. The molecule has 0 radical (unpaired) electrons. The molecule has 1 aliphatic rings. The standard InChI is InChI=1S/C19H26N2/c1-4-20-19-11-12-21(15(3)14(19)2)18-10-9-16-7-5-6-8-17(16)13-18/h5-10,13-15,19-20H,4,11-12H2,1-3H3. The van der Waals surface area contributed by atoms with Crippen LogP contribution in [0, 0.1) is 5.92 Å². The van der Waals surface area contributed by atoms with Gasteiger partial charge in [-0.05, 0) is 48.7 Å². The highest BCUT2D eigenvalue weighted by molar-refractivity contribution is 5.85. The van der Waals surface area contributed by atoms with Crippen LogP contribution in [0.25, 0.3) is 10.8 Å². The first-order valence-corrected chi connectivity index (χ1v) is 8.19. The number of nitrogens with zero attached hydrogens (tertiary/aromatic N) is 1. The molecule has 1 saturated heterocycles. The number of nitrogens with one attached hydrogen (secondary N) is 1. The molecule has 2 heteroatoms. The molecule has 2 aromatic rings. The summed E-state index contributed by atoms with van der Waals surface area (Å²) in [6, 6.07) is 16.7. The lowest BCUT2D eigenvalue weighted by Crippen LogP contribution is -2.53. The summed E-state index contributed by atoms with van der Waals surface area (Å²) >= 11 is 0. The minimum absolute atomic E-state index is 0.573. The molecule has 0 bridgehead atoms. The Kier molecular flexibility index (Phi) is 4.16. The Morgan fingerprint density at radius 3 is 2.62 bits per heavy atom. The third-order valence-electron chi connectivity index (χ3n) is 5.10. The first-order chi connectivity index (χ1) is 10.2. The molecular formula is C19H26N2. The largest absolute Gasteiger partial charge is 0.368 e. The van der Waals surface area contributed by atoms with Crippen molar-refractivity contribution in [1.29, 1.82) is 0 Å². The number of hydrogen-bond donors (Lipinski definition) is 1. The molecule has 21 heavy (non-hydrogen) atoms. The van der Waals surface area contributed by atoms with Crippen LogP contribution in [0.15, 0.2) is 42.5 Å². The molecule has 1 aliphatic heterocycles. The first-order valence-electron chi connectivity index (χ1n) is 8.19. The number of piperidine rings is 1. The Morgan fingerprint density at radius 1 is 1.10 bits per heavy atom. The average Bonchev–Trinajstić information content (AvgIpc) is 2.52. The Hall–Kier alpha value is -1.54. The number of benzene rings is 2. The van der Waals surface area contributed by atoms with Crippen molar-refractivity contribution >= 4 is 16.5 Å². The lowest BCUT2D eigenvalue weighted by atomic mass is 9.86. The van der Waals surface area contributed by atoms with E-state index in [4.69, 9.17) is 0 Å². The molecule has 0 aliphatic carbocycles. The van der Waals surface area contributed by atoms with Gasteiger partial charge in [0, 0.05) is 24.3 Å². The molecule has 3 atom stereocenters. The van der Waals surface area contributed by atoms with Crippen molar-refractivity contribution in [2.75, 3.05) is 18.0 Å². The Labute approximate surface area is 128 Å². The van der Waals surface area contributed by atoms with Crippen molar-refractivity contribution in [3.63, 3.8) is 0 Å². The molecule has 1 N–H and O–H groups in total. The van der Waals surface area contributed by atoms with Crippen LogP contribution in [0.2, 0.25) is 0 Å².